The molecule has 0 spiro atoms. The first kappa shape index (κ1) is 13.7. The van der Waals surface area contributed by atoms with E-state index in [1.807, 2.05) is 24.3 Å². The van der Waals surface area contributed by atoms with Crippen LogP contribution in [0.4, 0.5) is 0 Å². The van der Waals surface area contributed by atoms with E-state index < -0.39 is 0 Å². The van der Waals surface area contributed by atoms with Crippen LogP contribution < -0.4 is 4.74 Å². The Bertz CT molecular complexity index is 355. The molecule has 1 fully saturated rings. The molecule has 0 radical (unpaired) electrons. The van der Waals surface area contributed by atoms with Gasteiger partial charge in [0.1, 0.15) is 12.4 Å². The van der Waals surface area contributed by atoms with Crippen LogP contribution in [0, 0.1) is 5.92 Å². The predicted octanol–water partition coefficient (Wildman–Crippen LogP) is 2.42. The SMILES string of the molecule is OCCC1CCN(CCOc2ccc(Cl)cc2)C1. The van der Waals surface area contributed by atoms with E-state index in [4.69, 9.17) is 21.4 Å². The van der Waals surface area contributed by atoms with E-state index in [1.54, 1.807) is 0 Å². The molecule has 3 nitrogen and oxygen atoms in total. The van der Waals surface area contributed by atoms with Crippen LogP contribution in [-0.2, 0) is 0 Å². The Morgan fingerprint density at radius 3 is 2.83 bits per heavy atom. The Balaban J connectivity index is 1.65. The number of hydrogen-bond donors (Lipinski definition) is 1. The molecular formula is C14H20ClNO2. The zero-order valence-electron chi connectivity index (χ0n) is 10.5. The second-order valence-electron chi connectivity index (χ2n) is 4.77. The van der Waals surface area contributed by atoms with Crippen molar-refractivity contribution in [2.45, 2.75) is 12.8 Å². The average Bonchev–Trinajstić information content (AvgIpc) is 2.80. The van der Waals surface area contributed by atoms with E-state index in [9.17, 15) is 0 Å². The number of aliphatic hydroxyl groups is 1. The highest BCUT2D eigenvalue weighted by Gasteiger charge is 2.21. The summed E-state index contributed by atoms with van der Waals surface area (Å²) >= 11 is 5.81. The topological polar surface area (TPSA) is 32.7 Å². The number of benzene rings is 1. The number of likely N-dealkylation sites (tertiary alicyclic amines) is 1. The molecular weight excluding hydrogens is 250 g/mol. The second-order valence-corrected chi connectivity index (χ2v) is 5.21. The maximum atomic E-state index is 8.91. The van der Waals surface area contributed by atoms with Gasteiger partial charge in [-0.15, -0.1) is 0 Å². The van der Waals surface area contributed by atoms with Crippen LogP contribution in [-0.4, -0.2) is 42.9 Å². The Morgan fingerprint density at radius 1 is 1.33 bits per heavy atom. The lowest BCUT2D eigenvalue weighted by atomic mass is 10.1. The van der Waals surface area contributed by atoms with Gasteiger partial charge in [-0.3, -0.25) is 4.90 Å². The molecule has 0 bridgehead atoms. The van der Waals surface area contributed by atoms with Crippen molar-refractivity contribution < 1.29 is 9.84 Å². The van der Waals surface area contributed by atoms with Crippen LogP contribution in [0.1, 0.15) is 12.8 Å². The van der Waals surface area contributed by atoms with Gasteiger partial charge in [0.15, 0.2) is 0 Å². The van der Waals surface area contributed by atoms with Crippen LogP contribution in [0.2, 0.25) is 5.02 Å². The highest BCUT2D eigenvalue weighted by molar-refractivity contribution is 6.30. The van der Waals surface area contributed by atoms with Gasteiger partial charge in [0.2, 0.25) is 0 Å². The fourth-order valence-electron chi connectivity index (χ4n) is 2.36. The van der Waals surface area contributed by atoms with E-state index in [1.165, 1.54) is 6.42 Å². The molecule has 2 rings (SSSR count). The molecule has 100 valence electrons. The maximum Gasteiger partial charge on any atom is 0.119 e. The van der Waals surface area contributed by atoms with Crippen molar-refractivity contribution in [3.8, 4) is 5.75 Å². The van der Waals surface area contributed by atoms with Gasteiger partial charge in [0, 0.05) is 24.7 Å². The molecule has 1 saturated heterocycles. The Hall–Kier alpha value is -0.770. The monoisotopic (exact) mass is 269 g/mol. The van der Waals surface area contributed by atoms with Gasteiger partial charge in [-0.05, 0) is 49.6 Å². The van der Waals surface area contributed by atoms with Gasteiger partial charge in [-0.1, -0.05) is 11.6 Å². The maximum absolute atomic E-state index is 8.91. The molecule has 1 aliphatic rings. The molecule has 0 aromatic heterocycles. The third-order valence-corrected chi connectivity index (χ3v) is 3.65. The number of hydrogen-bond acceptors (Lipinski definition) is 3. The van der Waals surface area contributed by atoms with Gasteiger partial charge in [-0.25, -0.2) is 0 Å². The molecule has 4 heteroatoms. The first-order valence-electron chi connectivity index (χ1n) is 6.49. The standard InChI is InChI=1S/C14H20ClNO2/c15-13-1-3-14(4-2-13)18-10-8-16-7-5-12(11-16)6-9-17/h1-4,12,17H,5-11H2. The summed E-state index contributed by atoms with van der Waals surface area (Å²) in [5, 5.41) is 9.64. The molecule has 1 unspecified atom stereocenters. The molecule has 1 aromatic carbocycles. The van der Waals surface area contributed by atoms with Crippen molar-refractivity contribution in [3.05, 3.63) is 29.3 Å². The number of rotatable bonds is 6. The van der Waals surface area contributed by atoms with Crippen molar-refractivity contribution in [2.24, 2.45) is 5.92 Å². The molecule has 1 heterocycles. The smallest absolute Gasteiger partial charge is 0.119 e. The van der Waals surface area contributed by atoms with Crippen LogP contribution >= 0.6 is 11.6 Å². The van der Waals surface area contributed by atoms with E-state index in [0.29, 0.717) is 19.1 Å². The zero-order valence-corrected chi connectivity index (χ0v) is 11.3. The summed E-state index contributed by atoms with van der Waals surface area (Å²) in [6.07, 6.45) is 2.12. The van der Waals surface area contributed by atoms with Crippen LogP contribution in [0.15, 0.2) is 24.3 Å². The second kappa shape index (κ2) is 6.98. The predicted molar refractivity (Wildman–Crippen MR) is 73.2 cm³/mol. The van der Waals surface area contributed by atoms with E-state index in [-0.39, 0.29) is 0 Å². The van der Waals surface area contributed by atoms with Crippen LogP contribution in [0.25, 0.3) is 0 Å². The Kier molecular flexibility index (Phi) is 5.29. The van der Waals surface area contributed by atoms with Crippen molar-refractivity contribution in [2.75, 3.05) is 32.8 Å². The minimum absolute atomic E-state index is 0.305. The summed E-state index contributed by atoms with van der Waals surface area (Å²) in [6, 6.07) is 7.45. The number of halogens is 1. The highest BCUT2D eigenvalue weighted by Crippen LogP contribution is 2.19. The van der Waals surface area contributed by atoms with Crippen molar-refractivity contribution in [1.82, 2.24) is 4.90 Å². The van der Waals surface area contributed by atoms with E-state index in [2.05, 4.69) is 4.90 Å². The minimum Gasteiger partial charge on any atom is -0.492 e. The van der Waals surface area contributed by atoms with Gasteiger partial charge >= 0.3 is 0 Å². The summed E-state index contributed by atoms with van der Waals surface area (Å²) in [7, 11) is 0. The number of ether oxygens (including phenoxy) is 1. The molecule has 1 atom stereocenters. The summed E-state index contributed by atoms with van der Waals surface area (Å²) in [5.41, 5.74) is 0. The fourth-order valence-corrected chi connectivity index (χ4v) is 2.48. The first-order valence-corrected chi connectivity index (χ1v) is 6.87. The summed E-state index contributed by atoms with van der Waals surface area (Å²) < 4.78 is 5.67. The van der Waals surface area contributed by atoms with Crippen LogP contribution in [0.3, 0.4) is 0 Å². The summed E-state index contributed by atoms with van der Waals surface area (Å²) in [6.45, 7) is 4.16. The van der Waals surface area contributed by atoms with Crippen molar-refractivity contribution in [1.29, 1.82) is 0 Å². The van der Waals surface area contributed by atoms with Gasteiger partial charge in [-0.2, -0.15) is 0 Å². The molecule has 0 amide bonds. The quantitative estimate of drug-likeness (QED) is 0.861. The molecule has 1 aliphatic heterocycles. The summed E-state index contributed by atoms with van der Waals surface area (Å²) in [5.74, 6) is 1.52. The number of aliphatic hydroxyl groups excluding tert-OH is 1. The molecule has 0 saturated carbocycles. The zero-order chi connectivity index (χ0) is 12.8. The lowest BCUT2D eigenvalue weighted by Gasteiger charge is -2.16. The largest absolute Gasteiger partial charge is 0.492 e. The van der Waals surface area contributed by atoms with Crippen molar-refractivity contribution >= 4 is 11.6 Å². The minimum atomic E-state index is 0.305. The van der Waals surface area contributed by atoms with E-state index >= 15 is 0 Å². The van der Waals surface area contributed by atoms with E-state index in [0.717, 1.165) is 36.8 Å². The number of nitrogens with zero attached hydrogens (tertiary/aromatic N) is 1. The average molecular weight is 270 g/mol. The third-order valence-electron chi connectivity index (χ3n) is 3.40. The fraction of sp³-hybridized carbons (Fsp3) is 0.571. The lowest BCUT2D eigenvalue weighted by molar-refractivity contribution is 0.222. The van der Waals surface area contributed by atoms with Crippen molar-refractivity contribution in [3.63, 3.8) is 0 Å². The molecule has 18 heavy (non-hydrogen) atoms. The van der Waals surface area contributed by atoms with Gasteiger partial charge in [0.05, 0.1) is 0 Å². The Morgan fingerprint density at radius 2 is 2.11 bits per heavy atom. The summed E-state index contributed by atoms with van der Waals surface area (Å²) in [4.78, 5) is 2.40. The normalized spacial score (nSPS) is 20.2. The Labute approximate surface area is 113 Å². The lowest BCUT2D eigenvalue weighted by Crippen LogP contribution is -2.26. The first-order chi connectivity index (χ1) is 8.78. The molecule has 0 aliphatic carbocycles. The van der Waals surface area contributed by atoms with Gasteiger partial charge < -0.3 is 9.84 Å². The molecule has 1 aromatic rings. The van der Waals surface area contributed by atoms with Crippen LogP contribution in [0.5, 0.6) is 5.75 Å². The highest BCUT2D eigenvalue weighted by atomic mass is 35.5. The molecule has 1 N–H and O–H groups in total. The third kappa shape index (κ3) is 4.16. The van der Waals surface area contributed by atoms with Gasteiger partial charge in [0.25, 0.3) is 0 Å².